The van der Waals surface area contributed by atoms with Crippen LogP contribution in [0.5, 0.6) is 0 Å². The largest absolute Gasteiger partial charge is 0.370 e. The van der Waals surface area contributed by atoms with Crippen molar-refractivity contribution in [2.75, 3.05) is 31.1 Å². The topological polar surface area (TPSA) is 60.9 Å². The normalized spacial score (nSPS) is 22.8. The van der Waals surface area contributed by atoms with Gasteiger partial charge in [0.2, 0.25) is 5.91 Å². The fourth-order valence-corrected chi connectivity index (χ4v) is 5.59. The molecule has 0 aromatic heterocycles. The van der Waals surface area contributed by atoms with Crippen LogP contribution in [0.1, 0.15) is 58.9 Å². The number of hydrogen-bond donors (Lipinski definition) is 0. The molecular weight excluding hydrogens is 433 g/mol. The molecule has 0 bridgehead atoms. The molecule has 0 aliphatic carbocycles. The van der Waals surface area contributed by atoms with Gasteiger partial charge in [-0.2, -0.15) is 0 Å². The molecule has 0 saturated carbocycles. The molecule has 0 radical (unpaired) electrons. The molecule has 0 unspecified atom stereocenters. The first kappa shape index (κ1) is 22.6. The lowest BCUT2D eigenvalue weighted by molar-refractivity contribution is -0.137. The molecule has 34 heavy (non-hydrogen) atoms. The van der Waals surface area contributed by atoms with Crippen LogP contribution in [0.15, 0.2) is 42.5 Å². The molecule has 5 rings (SSSR count). The molecule has 0 N–H and O–H groups in total. The summed E-state index contributed by atoms with van der Waals surface area (Å²) >= 11 is 0. The molecule has 2 aromatic rings. The van der Waals surface area contributed by atoms with Crippen LogP contribution in [0.4, 0.5) is 10.1 Å². The molecule has 6 nitrogen and oxygen atoms in total. The van der Waals surface area contributed by atoms with Crippen molar-refractivity contribution in [3.05, 3.63) is 65.0 Å². The highest BCUT2D eigenvalue weighted by molar-refractivity contribution is 6.23. The van der Waals surface area contributed by atoms with Crippen molar-refractivity contribution < 1.29 is 18.8 Å². The molecule has 3 amide bonds. The maximum Gasteiger partial charge on any atom is 0.263 e. The third kappa shape index (κ3) is 4.19. The van der Waals surface area contributed by atoms with Crippen molar-refractivity contribution in [1.29, 1.82) is 0 Å². The number of amides is 3. The lowest BCUT2D eigenvalue weighted by Gasteiger charge is -2.38. The number of fused-ring (bicyclic) bond motifs is 1. The Morgan fingerprint density at radius 1 is 1.00 bits per heavy atom. The van der Waals surface area contributed by atoms with Gasteiger partial charge in [-0.25, -0.2) is 4.39 Å². The molecule has 3 aliphatic rings. The van der Waals surface area contributed by atoms with E-state index in [9.17, 15) is 18.8 Å². The summed E-state index contributed by atoms with van der Waals surface area (Å²) in [5.74, 6) is -0.495. The lowest BCUT2D eigenvalue weighted by Crippen LogP contribution is -2.48. The van der Waals surface area contributed by atoms with Gasteiger partial charge in [0, 0.05) is 26.2 Å². The highest BCUT2D eigenvalue weighted by atomic mass is 19.1. The Morgan fingerprint density at radius 2 is 1.79 bits per heavy atom. The zero-order chi connectivity index (χ0) is 23.8. The second kappa shape index (κ2) is 9.20. The van der Waals surface area contributed by atoms with Crippen molar-refractivity contribution in [2.24, 2.45) is 11.8 Å². The Balaban J connectivity index is 1.37. The quantitative estimate of drug-likeness (QED) is 0.641. The molecule has 178 valence electrons. The number of hydrogen-bond acceptors (Lipinski definition) is 4. The van der Waals surface area contributed by atoms with Crippen molar-refractivity contribution in [3.8, 4) is 0 Å². The van der Waals surface area contributed by atoms with Gasteiger partial charge in [-0.1, -0.05) is 25.1 Å². The van der Waals surface area contributed by atoms with E-state index in [1.807, 2.05) is 11.0 Å². The monoisotopic (exact) mass is 463 g/mol. The van der Waals surface area contributed by atoms with E-state index in [1.54, 1.807) is 24.3 Å². The van der Waals surface area contributed by atoms with Gasteiger partial charge in [0.1, 0.15) is 5.82 Å². The van der Waals surface area contributed by atoms with Crippen LogP contribution in [0.25, 0.3) is 0 Å². The predicted molar refractivity (Wildman–Crippen MR) is 127 cm³/mol. The van der Waals surface area contributed by atoms with Gasteiger partial charge in [0.05, 0.1) is 29.3 Å². The molecule has 2 aromatic carbocycles. The third-order valence-electron chi connectivity index (χ3n) is 7.29. The van der Waals surface area contributed by atoms with Crippen LogP contribution in [-0.4, -0.2) is 53.7 Å². The van der Waals surface area contributed by atoms with Crippen molar-refractivity contribution >= 4 is 23.4 Å². The van der Waals surface area contributed by atoms with Crippen LogP contribution in [-0.2, 0) is 11.3 Å². The SMILES string of the molecule is C[C@H]1CCCN(C(=O)[C@H]2CCCN(c3cccc4c3C(=O)N(Cc3cccc(F)c3)C4=O)C2)C1. The summed E-state index contributed by atoms with van der Waals surface area (Å²) in [6.45, 7) is 5.14. The standard InChI is InChI=1S/C27H30FN3O3/c1-18-6-4-13-30(15-18)25(32)20-8-5-12-29(17-20)23-11-3-10-22-24(23)27(34)31(26(22)33)16-19-7-2-9-21(28)14-19/h2-3,7,9-11,14,18,20H,4-6,8,12-13,15-17H2,1H3/t18-,20-/m0/s1. The number of piperidine rings is 2. The second-order valence-corrected chi connectivity index (χ2v) is 9.84. The van der Waals surface area contributed by atoms with Gasteiger partial charge < -0.3 is 9.80 Å². The number of nitrogens with zero attached hydrogens (tertiary/aromatic N) is 3. The van der Waals surface area contributed by atoms with Crippen molar-refractivity contribution in [3.63, 3.8) is 0 Å². The minimum absolute atomic E-state index is 0.0256. The van der Waals surface area contributed by atoms with Gasteiger partial charge in [-0.05, 0) is 61.4 Å². The van der Waals surface area contributed by atoms with Gasteiger partial charge in [-0.3, -0.25) is 19.3 Å². The number of carbonyl (C=O) groups excluding carboxylic acids is 3. The number of halogens is 1. The second-order valence-electron chi connectivity index (χ2n) is 9.84. The summed E-state index contributed by atoms with van der Waals surface area (Å²) in [7, 11) is 0. The van der Waals surface area contributed by atoms with Crippen LogP contribution >= 0.6 is 0 Å². The van der Waals surface area contributed by atoms with Crippen molar-refractivity contribution in [2.45, 2.75) is 39.2 Å². The smallest absolute Gasteiger partial charge is 0.263 e. The fourth-order valence-electron chi connectivity index (χ4n) is 5.59. The van der Waals surface area contributed by atoms with E-state index in [4.69, 9.17) is 0 Å². The Morgan fingerprint density at radius 3 is 2.59 bits per heavy atom. The minimum atomic E-state index is -0.401. The van der Waals surface area contributed by atoms with E-state index >= 15 is 0 Å². The Hall–Kier alpha value is -3.22. The first-order chi connectivity index (χ1) is 16.4. The number of likely N-dealkylation sites (tertiary alicyclic amines) is 1. The highest BCUT2D eigenvalue weighted by Crippen LogP contribution is 2.35. The van der Waals surface area contributed by atoms with Crippen LogP contribution in [0.2, 0.25) is 0 Å². The van der Waals surface area contributed by atoms with E-state index in [1.165, 1.54) is 23.5 Å². The molecule has 0 spiro atoms. The average molecular weight is 464 g/mol. The predicted octanol–water partition coefficient (Wildman–Crippen LogP) is 4.10. The first-order valence-electron chi connectivity index (χ1n) is 12.2. The molecule has 3 aliphatic heterocycles. The zero-order valence-electron chi connectivity index (χ0n) is 19.5. The summed E-state index contributed by atoms with van der Waals surface area (Å²) in [6.07, 6.45) is 3.92. The highest BCUT2D eigenvalue weighted by Gasteiger charge is 2.40. The molecule has 2 fully saturated rings. The summed E-state index contributed by atoms with van der Waals surface area (Å²) in [6, 6.07) is 11.3. The average Bonchev–Trinajstić information content (AvgIpc) is 3.08. The van der Waals surface area contributed by atoms with E-state index < -0.39 is 5.82 Å². The first-order valence-corrected chi connectivity index (χ1v) is 12.2. The summed E-state index contributed by atoms with van der Waals surface area (Å²) in [4.78, 5) is 45.0. The van der Waals surface area contributed by atoms with E-state index in [-0.39, 0.29) is 30.2 Å². The third-order valence-corrected chi connectivity index (χ3v) is 7.29. The lowest BCUT2D eigenvalue weighted by atomic mass is 9.93. The maximum absolute atomic E-state index is 13.6. The van der Waals surface area contributed by atoms with Gasteiger partial charge in [0.15, 0.2) is 0 Å². The Bertz CT molecular complexity index is 1130. The van der Waals surface area contributed by atoms with E-state index in [0.717, 1.165) is 38.9 Å². The number of anilines is 1. The van der Waals surface area contributed by atoms with Crippen LogP contribution in [0.3, 0.4) is 0 Å². The number of benzene rings is 2. The van der Waals surface area contributed by atoms with Crippen LogP contribution in [0, 0.1) is 17.7 Å². The number of imide groups is 1. The molecule has 2 saturated heterocycles. The van der Waals surface area contributed by atoms with Gasteiger partial charge in [-0.15, -0.1) is 0 Å². The summed E-state index contributed by atoms with van der Waals surface area (Å²) < 4.78 is 13.6. The summed E-state index contributed by atoms with van der Waals surface area (Å²) in [5, 5.41) is 0. The molecule has 3 heterocycles. The zero-order valence-corrected chi connectivity index (χ0v) is 19.5. The van der Waals surface area contributed by atoms with Gasteiger partial charge >= 0.3 is 0 Å². The van der Waals surface area contributed by atoms with Gasteiger partial charge in [0.25, 0.3) is 11.8 Å². The molecular formula is C27H30FN3O3. The van der Waals surface area contributed by atoms with E-state index in [2.05, 4.69) is 11.8 Å². The number of rotatable bonds is 4. The minimum Gasteiger partial charge on any atom is -0.370 e. The molecule has 2 atom stereocenters. The van der Waals surface area contributed by atoms with E-state index in [0.29, 0.717) is 34.8 Å². The Labute approximate surface area is 199 Å². The fraction of sp³-hybridized carbons (Fsp3) is 0.444. The Kier molecular flexibility index (Phi) is 6.11. The molecule has 7 heteroatoms. The maximum atomic E-state index is 13.6. The summed E-state index contributed by atoms with van der Waals surface area (Å²) in [5.41, 5.74) is 2.04. The van der Waals surface area contributed by atoms with Crippen LogP contribution < -0.4 is 4.90 Å². The van der Waals surface area contributed by atoms with Crippen molar-refractivity contribution in [1.82, 2.24) is 9.80 Å². The number of carbonyl (C=O) groups is 3.